The summed E-state index contributed by atoms with van der Waals surface area (Å²) in [4.78, 5) is 12.2. The summed E-state index contributed by atoms with van der Waals surface area (Å²) in [7, 11) is 3.20. The molecule has 2 aromatic carbocycles. The van der Waals surface area contributed by atoms with Gasteiger partial charge in [0.2, 0.25) is 0 Å². The number of benzene rings is 2. The molecule has 0 atom stereocenters. The van der Waals surface area contributed by atoms with Crippen molar-refractivity contribution in [2.75, 3.05) is 14.2 Å². The van der Waals surface area contributed by atoms with Crippen molar-refractivity contribution < 1.29 is 14.3 Å². The van der Waals surface area contributed by atoms with Gasteiger partial charge in [0.1, 0.15) is 0 Å². The van der Waals surface area contributed by atoms with Crippen molar-refractivity contribution in [1.82, 2.24) is 5.43 Å². The lowest BCUT2D eigenvalue weighted by atomic mass is 10.1. The highest BCUT2D eigenvalue weighted by Gasteiger charge is 2.08. The van der Waals surface area contributed by atoms with Crippen LogP contribution in [-0.4, -0.2) is 25.8 Å². The van der Waals surface area contributed by atoms with Crippen molar-refractivity contribution in [3.8, 4) is 11.5 Å². The second kappa shape index (κ2) is 8.15. The normalized spacial score (nSPS) is 11.1. The van der Waals surface area contributed by atoms with Crippen LogP contribution < -0.4 is 14.9 Å². The molecule has 0 spiro atoms. The third-order valence-electron chi connectivity index (χ3n) is 3.65. The van der Waals surface area contributed by atoms with Crippen molar-refractivity contribution >= 4 is 11.6 Å². The highest BCUT2D eigenvalue weighted by Crippen LogP contribution is 2.27. The number of rotatable bonds is 6. The molecular weight excluding hydrogens is 304 g/mol. The molecule has 0 aliphatic rings. The number of carbonyl (C=O) groups excluding carboxylic acids is 1. The van der Waals surface area contributed by atoms with Crippen LogP contribution >= 0.6 is 0 Å². The van der Waals surface area contributed by atoms with E-state index in [1.54, 1.807) is 20.3 Å². The number of ether oxygens (including phenoxy) is 2. The van der Waals surface area contributed by atoms with Crippen LogP contribution in [0.2, 0.25) is 0 Å². The quantitative estimate of drug-likeness (QED) is 0.654. The first-order valence-electron chi connectivity index (χ1n) is 7.65. The van der Waals surface area contributed by atoms with Gasteiger partial charge >= 0.3 is 0 Å². The molecule has 5 nitrogen and oxygen atoms in total. The fourth-order valence-corrected chi connectivity index (χ4v) is 2.36. The summed E-state index contributed by atoms with van der Waals surface area (Å²) in [6.07, 6.45) is 0.606. The lowest BCUT2D eigenvalue weighted by Crippen LogP contribution is -2.20. The van der Waals surface area contributed by atoms with E-state index in [2.05, 4.69) is 10.5 Å². The Balaban J connectivity index is 2.04. The van der Waals surface area contributed by atoms with Gasteiger partial charge in [0.25, 0.3) is 5.91 Å². The topological polar surface area (TPSA) is 59.9 Å². The van der Waals surface area contributed by atoms with Crippen LogP contribution in [0.25, 0.3) is 0 Å². The average molecular weight is 326 g/mol. The van der Waals surface area contributed by atoms with E-state index in [9.17, 15) is 4.79 Å². The van der Waals surface area contributed by atoms with Gasteiger partial charge in [-0.2, -0.15) is 5.10 Å². The average Bonchev–Trinajstić information content (AvgIpc) is 2.60. The van der Waals surface area contributed by atoms with Crippen LogP contribution in [0.15, 0.2) is 47.6 Å². The standard InChI is InChI=1S/C19H22N2O3/c1-13-7-5-6-8-16(13)19(22)21-20-14(2)11-15-9-10-17(23-3)18(12-15)24-4/h5-10,12H,11H2,1-4H3,(H,21,22)/b20-14-. The Morgan fingerprint density at radius 1 is 1.08 bits per heavy atom. The fraction of sp³-hybridized carbons (Fsp3) is 0.263. The van der Waals surface area contributed by atoms with Crippen LogP contribution in [0, 0.1) is 6.92 Å². The molecule has 0 saturated heterocycles. The van der Waals surface area contributed by atoms with Gasteiger partial charge in [0.05, 0.1) is 14.2 Å². The molecule has 0 radical (unpaired) electrons. The summed E-state index contributed by atoms with van der Waals surface area (Å²) >= 11 is 0. The van der Waals surface area contributed by atoms with E-state index in [4.69, 9.17) is 9.47 Å². The third kappa shape index (κ3) is 4.35. The van der Waals surface area contributed by atoms with Crippen molar-refractivity contribution in [3.05, 3.63) is 59.2 Å². The smallest absolute Gasteiger partial charge is 0.271 e. The molecule has 0 saturated carbocycles. The Bertz CT molecular complexity index is 754. The molecule has 0 aromatic heterocycles. The molecular formula is C19H22N2O3. The number of aryl methyl sites for hydroxylation is 1. The first-order valence-corrected chi connectivity index (χ1v) is 7.65. The zero-order valence-corrected chi connectivity index (χ0v) is 14.4. The summed E-state index contributed by atoms with van der Waals surface area (Å²) < 4.78 is 10.5. The Kier molecular flexibility index (Phi) is 5.95. The van der Waals surface area contributed by atoms with Crippen molar-refractivity contribution in [2.45, 2.75) is 20.3 Å². The van der Waals surface area contributed by atoms with Gasteiger partial charge in [-0.15, -0.1) is 0 Å². The van der Waals surface area contributed by atoms with Crippen molar-refractivity contribution in [1.29, 1.82) is 0 Å². The lowest BCUT2D eigenvalue weighted by Gasteiger charge is -2.09. The summed E-state index contributed by atoms with van der Waals surface area (Å²) in [6, 6.07) is 13.1. The Hall–Kier alpha value is -2.82. The molecule has 0 aliphatic heterocycles. The zero-order chi connectivity index (χ0) is 17.5. The Morgan fingerprint density at radius 3 is 2.46 bits per heavy atom. The minimum atomic E-state index is -0.209. The summed E-state index contributed by atoms with van der Waals surface area (Å²) in [6.45, 7) is 3.77. The van der Waals surface area contributed by atoms with E-state index in [1.807, 2.05) is 50.2 Å². The molecule has 2 aromatic rings. The number of amides is 1. The van der Waals surface area contributed by atoms with Crippen molar-refractivity contribution in [3.63, 3.8) is 0 Å². The van der Waals surface area contributed by atoms with E-state index >= 15 is 0 Å². The molecule has 0 aliphatic carbocycles. The van der Waals surface area contributed by atoms with E-state index in [0.717, 1.165) is 16.8 Å². The number of methoxy groups -OCH3 is 2. The second-order valence-electron chi connectivity index (χ2n) is 5.47. The number of hydrogen-bond donors (Lipinski definition) is 1. The van der Waals surface area contributed by atoms with Gasteiger partial charge in [-0.1, -0.05) is 24.3 Å². The van der Waals surface area contributed by atoms with Crippen LogP contribution in [-0.2, 0) is 6.42 Å². The van der Waals surface area contributed by atoms with E-state index < -0.39 is 0 Å². The number of carbonyl (C=O) groups is 1. The summed E-state index contributed by atoms with van der Waals surface area (Å²) in [5.74, 6) is 1.15. The second-order valence-corrected chi connectivity index (χ2v) is 5.47. The van der Waals surface area contributed by atoms with Gasteiger partial charge in [0, 0.05) is 17.7 Å². The molecule has 5 heteroatoms. The number of nitrogens with one attached hydrogen (secondary N) is 1. The summed E-state index contributed by atoms with van der Waals surface area (Å²) in [5.41, 5.74) is 5.97. The number of nitrogens with zero attached hydrogens (tertiary/aromatic N) is 1. The van der Waals surface area contributed by atoms with Crippen molar-refractivity contribution in [2.24, 2.45) is 5.10 Å². The van der Waals surface area contributed by atoms with Gasteiger partial charge < -0.3 is 9.47 Å². The SMILES string of the molecule is COc1ccc(C/C(C)=N\NC(=O)c2ccccc2C)cc1OC. The highest BCUT2D eigenvalue weighted by atomic mass is 16.5. The highest BCUT2D eigenvalue weighted by molar-refractivity contribution is 5.96. The Labute approximate surface area is 142 Å². The predicted octanol–water partition coefficient (Wildman–Crippen LogP) is 3.36. The Morgan fingerprint density at radius 2 is 1.79 bits per heavy atom. The van der Waals surface area contributed by atoms with Crippen LogP contribution in [0.3, 0.4) is 0 Å². The van der Waals surface area contributed by atoms with Gasteiger partial charge in [-0.05, 0) is 43.2 Å². The lowest BCUT2D eigenvalue weighted by molar-refractivity contribution is 0.0954. The molecule has 0 heterocycles. The third-order valence-corrected chi connectivity index (χ3v) is 3.65. The fourth-order valence-electron chi connectivity index (χ4n) is 2.36. The molecule has 0 bridgehead atoms. The minimum absolute atomic E-state index is 0.209. The monoisotopic (exact) mass is 326 g/mol. The molecule has 126 valence electrons. The van der Waals surface area contributed by atoms with E-state index in [0.29, 0.717) is 23.5 Å². The first-order chi connectivity index (χ1) is 11.5. The van der Waals surface area contributed by atoms with Gasteiger partial charge in [0.15, 0.2) is 11.5 Å². The van der Waals surface area contributed by atoms with E-state index in [1.165, 1.54) is 0 Å². The van der Waals surface area contributed by atoms with Crippen LogP contribution in [0.5, 0.6) is 11.5 Å². The van der Waals surface area contributed by atoms with Crippen LogP contribution in [0.4, 0.5) is 0 Å². The molecule has 1 amide bonds. The zero-order valence-electron chi connectivity index (χ0n) is 14.4. The van der Waals surface area contributed by atoms with Gasteiger partial charge in [-0.25, -0.2) is 5.43 Å². The molecule has 0 unspecified atom stereocenters. The molecule has 24 heavy (non-hydrogen) atoms. The molecule has 2 rings (SSSR count). The molecule has 1 N–H and O–H groups in total. The minimum Gasteiger partial charge on any atom is -0.493 e. The number of hydrazone groups is 1. The van der Waals surface area contributed by atoms with E-state index in [-0.39, 0.29) is 5.91 Å². The number of hydrogen-bond acceptors (Lipinski definition) is 4. The van der Waals surface area contributed by atoms with Crippen LogP contribution in [0.1, 0.15) is 28.4 Å². The maximum absolute atomic E-state index is 12.2. The largest absolute Gasteiger partial charge is 0.493 e. The molecule has 0 fully saturated rings. The first kappa shape index (κ1) is 17.5. The predicted molar refractivity (Wildman–Crippen MR) is 95.0 cm³/mol. The maximum atomic E-state index is 12.2. The summed E-state index contributed by atoms with van der Waals surface area (Å²) in [5, 5.41) is 4.18. The maximum Gasteiger partial charge on any atom is 0.271 e. The van der Waals surface area contributed by atoms with Gasteiger partial charge in [-0.3, -0.25) is 4.79 Å².